The molecule has 0 spiro atoms. The van der Waals surface area contributed by atoms with Crippen LogP contribution >= 0.6 is 0 Å². The molecule has 0 radical (unpaired) electrons. The number of piperidine rings is 1. The molecule has 0 saturated carbocycles. The molecule has 1 aliphatic heterocycles. The van der Waals surface area contributed by atoms with E-state index in [4.69, 9.17) is 17.0 Å². The molecule has 2 N–H and O–H groups in total. The Morgan fingerprint density at radius 3 is 2.96 bits per heavy atom. The highest BCUT2D eigenvalue weighted by Crippen LogP contribution is 2.34. The molecule has 5 heteroatoms. The minimum atomic E-state index is 0.0787. The third kappa shape index (κ3) is 4.38. The monoisotopic (exact) mass is 315 g/mol. The standard InChI is InChI=1S/C18H25N3O2/c1-13(2)11-17(22)21-10-5-4-7-14(21)12-23-16-9-6-8-15(19)18(16)20-3/h6,8-9,13-14H,4-5,7,10-12,19H2,1-2H3/t14-/m0/s1. The highest BCUT2D eigenvalue weighted by Gasteiger charge is 2.27. The lowest BCUT2D eigenvalue weighted by Gasteiger charge is -2.36. The first-order valence-electron chi connectivity index (χ1n) is 8.21. The van der Waals surface area contributed by atoms with Crippen molar-refractivity contribution in [3.05, 3.63) is 29.6 Å². The van der Waals surface area contributed by atoms with E-state index in [9.17, 15) is 4.79 Å². The molecule has 1 aliphatic rings. The van der Waals surface area contributed by atoms with Crippen molar-refractivity contribution in [1.82, 2.24) is 4.90 Å². The minimum absolute atomic E-state index is 0.0787. The van der Waals surface area contributed by atoms with Crippen molar-refractivity contribution in [3.8, 4) is 5.75 Å². The molecule has 0 aliphatic carbocycles. The fourth-order valence-corrected chi connectivity index (χ4v) is 2.93. The Morgan fingerprint density at radius 1 is 1.48 bits per heavy atom. The van der Waals surface area contributed by atoms with E-state index >= 15 is 0 Å². The molecule has 1 heterocycles. The summed E-state index contributed by atoms with van der Waals surface area (Å²) >= 11 is 0. The average molecular weight is 315 g/mol. The van der Waals surface area contributed by atoms with Gasteiger partial charge in [0.15, 0.2) is 0 Å². The Kier molecular flexibility index (Phi) is 5.86. The van der Waals surface area contributed by atoms with Crippen LogP contribution in [0, 0.1) is 12.5 Å². The van der Waals surface area contributed by atoms with Gasteiger partial charge in [0, 0.05) is 18.7 Å². The van der Waals surface area contributed by atoms with Crippen molar-refractivity contribution < 1.29 is 9.53 Å². The third-order valence-electron chi connectivity index (χ3n) is 4.10. The molecule has 2 rings (SSSR count). The summed E-state index contributed by atoms with van der Waals surface area (Å²) in [5.74, 6) is 1.06. The van der Waals surface area contributed by atoms with E-state index in [0.29, 0.717) is 36.1 Å². The molecular formula is C18H25N3O2. The average Bonchev–Trinajstić information content (AvgIpc) is 2.52. The van der Waals surface area contributed by atoms with Crippen molar-refractivity contribution in [2.24, 2.45) is 5.92 Å². The molecule has 1 saturated heterocycles. The number of likely N-dealkylation sites (tertiary alicyclic amines) is 1. The van der Waals surface area contributed by atoms with E-state index in [0.717, 1.165) is 25.8 Å². The smallest absolute Gasteiger partial charge is 0.250 e. The largest absolute Gasteiger partial charge is 0.502 e. The van der Waals surface area contributed by atoms with Gasteiger partial charge in [-0.1, -0.05) is 19.9 Å². The highest BCUT2D eigenvalue weighted by atomic mass is 16.5. The Balaban J connectivity index is 2.04. The first-order valence-corrected chi connectivity index (χ1v) is 8.21. The van der Waals surface area contributed by atoms with E-state index in [1.54, 1.807) is 18.2 Å². The first-order chi connectivity index (χ1) is 11.0. The maximum Gasteiger partial charge on any atom is 0.250 e. The molecule has 0 aromatic heterocycles. The summed E-state index contributed by atoms with van der Waals surface area (Å²) < 4.78 is 5.85. The zero-order valence-corrected chi connectivity index (χ0v) is 13.9. The number of hydrogen-bond donors (Lipinski definition) is 1. The number of rotatable bonds is 5. The van der Waals surface area contributed by atoms with Gasteiger partial charge in [-0.05, 0) is 37.3 Å². The topological polar surface area (TPSA) is 59.9 Å². The Hall–Kier alpha value is -2.22. The van der Waals surface area contributed by atoms with Gasteiger partial charge >= 0.3 is 0 Å². The van der Waals surface area contributed by atoms with E-state index in [1.165, 1.54) is 0 Å². The molecule has 23 heavy (non-hydrogen) atoms. The van der Waals surface area contributed by atoms with Gasteiger partial charge in [0.2, 0.25) is 11.6 Å². The fourth-order valence-electron chi connectivity index (χ4n) is 2.93. The number of carbonyl (C=O) groups excluding carboxylic acids is 1. The van der Waals surface area contributed by atoms with Crippen LogP contribution in [0.25, 0.3) is 4.85 Å². The van der Waals surface area contributed by atoms with Crippen molar-refractivity contribution in [1.29, 1.82) is 0 Å². The molecule has 1 atom stereocenters. The quantitative estimate of drug-likeness (QED) is 0.667. The summed E-state index contributed by atoms with van der Waals surface area (Å²) in [4.78, 5) is 17.8. The van der Waals surface area contributed by atoms with Gasteiger partial charge in [-0.15, -0.1) is 0 Å². The summed E-state index contributed by atoms with van der Waals surface area (Å²) in [6.07, 6.45) is 3.67. The van der Waals surface area contributed by atoms with Crippen LogP contribution in [0.15, 0.2) is 18.2 Å². The fraction of sp³-hybridized carbons (Fsp3) is 0.556. The van der Waals surface area contributed by atoms with Gasteiger partial charge in [-0.2, -0.15) is 0 Å². The number of anilines is 1. The lowest BCUT2D eigenvalue weighted by atomic mass is 10.0. The number of benzene rings is 1. The number of ether oxygens (including phenoxy) is 1. The zero-order chi connectivity index (χ0) is 16.8. The molecule has 1 aromatic carbocycles. The van der Waals surface area contributed by atoms with E-state index in [-0.39, 0.29) is 11.9 Å². The normalized spacial score (nSPS) is 17.8. The number of nitrogens with two attached hydrogens (primary N) is 1. The van der Waals surface area contributed by atoms with Gasteiger partial charge in [-0.3, -0.25) is 4.79 Å². The van der Waals surface area contributed by atoms with Gasteiger partial charge in [-0.25, -0.2) is 4.85 Å². The van der Waals surface area contributed by atoms with Crippen LogP contribution in [0.3, 0.4) is 0 Å². The van der Waals surface area contributed by atoms with Crippen molar-refractivity contribution >= 4 is 17.3 Å². The van der Waals surface area contributed by atoms with Crippen molar-refractivity contribution in [2.45, 2.75) is 45.6 Å². The SMILES string of the molecule is [C-]#[N+]c1c(N)cccc1OC[C@@H]1CCCCN1C(=O)CC(C)C. The van der Waals surface area contributed by atoms with E-state index < -0.39 is 0 Å². The second-order valence-corrected chi connectivity index (χ2v) is 6.45. The van der Waals surface area contributed by atoms with Crippen LogP contribution in [0.1, 0.15) is 39.5 Å². The molecule has 1 amide bonds. The zero-order valence-electron chi connectivity index (χ0n) is 13.9. The number of amides is 1. The second kappa shape index (κ2) is 7.87. The molecular weight excluding hydrogens is 290 g/mol. The number of para-hydroxylation sites is 1. The summed E-state index contributed by atoms with van der Waals surface area (Å²) in [6, 6.07) is 5.31. The van der Waals surface area contributed by atoms with Gasteiger partial charge in [0.1, 0.15) is 12.4 Å². The van der Waals surface area contributed by atoms with E-state index in [2.05, 4.69) is 18.7 Å². The van der Waals surface area contributed by atoms with Crippen LogP contribution in [0.4, 0.5) is 11.4 Å². The molecule has 1 fully saturated rings. The molecule has 0 bridgehead atoms. The van der Waals surface area contributed by atoms with Crippen molar-refractivity contribution in [2.75, 3.05) is 18.9 Å². The predicted octanol–water partition coefficient (Wildman–Crippen LogP) is 3.63. The Bertz CT molecular complexity index is 592. The van der Waals surface area contributed by atoms with Crippen LogP contribution in [-0.2, 0) is 4.79 Å². The maximum absolute atomic E-state index is 12.4. The molecule has 5 nitrogen and oxygen atoms in total. The first kappa shape index (κ1) is 17.1. The highest BCUT2D eigenvalue weighted by molar-refractivity contribution is 5.77. The second-order valence-electron chi connectivity index (χ2n) is 6.45. The summed E-state index contributed by atoms with van der Waals surface area (Å²) in [5, 5.41) is 0. The van der Waals surface area contributed by atoms with Gasteiger partial charge in [0.05, 0.1) is 12.6 Å². The molecule has 124 valence electrons. The van der Waals surface area contributed by atoms with Crippen LogP contribution in [0.5, 0.6) is 5.75 Å². The predicted molar refractivity (Wildman–Crippen MR) is 91.4 cm³/mol. The Labute approximate surface area is 138 Å². The summed E-state index contributed by atoms with van der Waals surface area (Å²) in [7, 11) is 0. The molecule has 1 aromatic rings. The van der Waals surface area contributed by atoms with Gasteiger partial charge in [0.25, 0.3) is 0 Å². The Morgan fingerprint density at radius 2 is 2.26 bits per heavy atom. The number of carbonyl (C=O) groups is 1. The lowest BCUT2D eigenvalue weighted by molar-refractivity contribution is -0.136. The van der Waals surface area contributed by atoms with Crippen LogP contribution in [0.2, 0.25) is 0 Å². The van der Waals surface area contributed by atoms with E-state index in [1.807, 2.05) is 4.90 Å². The summed E-state index contributed by atoms with van der Waals surface area (Å²) in [5.41, 5.74) is 6.59. The molecule has 0 unspecified atom stereocenters. The van der Waals surface area contributed by atoms with Gasteiger partial charge < -0.3 is 15.4 Å². The third-order valence-corrected chi connectivity index (χ3v) is 4.10. The number of hydrogen-bond acceptors (Lipinski definition) is 3. The minimum Gasteiger partial charge on any atom is -0.502 e. The van der Waals surface area contributed by atoms with Crippen LogP contribution < -0.4 is 10.5 Å². The summed E-state index contributed by atoms with van der Waals surface area (Å²) in [6.45, 7) is 12.6. The number of nitrogens with zero attached hydrogens (tertiary/aromatic N) is 2. The van der Waals surface area contributed by atoms with Crippen molar-refractivity contribution in [3.63, 3.8) is 0 Å². The lowest BCUT2D eigenvalue weighted by Crippen LogP contribution is -2.47. The maximum atomic E-state index is 12.4. The number of nitrogen functional groups attached to an aromatic ring is 1. The van der Waals surface area contributed by atoms with Crippen LogP contribution in [-0.4, -0.2) is 30.0 Å².